The highest BCUT2D eigenvalue weighted by Gasteiger charge is 2.21. The van der Waals surface area contributed by atoms with Gasteiger partial charge in [0.1, 0.15) is 0 Å². The van der Waals surface area contributed by atoms with Crippen molar-refractivity contribution in [3.63, 3.8) is 0 Å². The van der Waals surface area contributed by atoms with Crippen LogP contribution in [-0.2, 0) is 5.41 Å². The lowest BCUT2D eigenvalue weighted by molar-refractivity contribution is 0.591. The van der Waals surface area contributed by atoms with E-state index in [1.807, 2.05) is 11.3 Å². The third kappa shape index (κ3) is 2.47. The summed E-state index contributed by atoms with van der Waals surface area (Å²) in [6, 6.07) is 31.1. The van der Waals surface area contributed by atoms with Crippen LogP contribution < -0.4 is 0 Å². The molecule has 0 aliphatic rings. The van der Waals surface area contributed by atoms with Gasteiger partial charge in [-0.3, -0.25) is 0 Å². The summed E-state index contributed by atoms with van der Waals surface area (Å²) in [7, 11) is 0. The second-order valence-electron chi connectivity index (χ2n) is 9.09. The van der Waals surface area contributed by atoms with Crippen molar-refractivity contribution in [2.24, 2.45) is 0 Å². The number of rotatable bonds is 1. The quantitative estimate of drug-likeness (QED) is 0.258. The monoisotopic (exact) mass is 405 g/mol. The first-order valence-corrected chi connectivity index (χ1v) is 11.3. The number of fused-ring (bicyclic) bond motifs is 7. The van der Waals surface area contributed by atoms with E-state index in [1.54, 1.807) is 0 Å². The number of thiophene rings is 1. The maximum atomic E-state index is 2.48. The Bertz CT molecular complexity index is 1560. The van der Waals surface area contributed by atoms with Crippen LogP contribution in [-0.4, -0.2) is 4.57 Å². The molecule has 0 aliphatic heterocycles. The van der Waals surface area contributed by atoms with Crippen molar-refractivity contribution in [3.8, 4) is 5.69 Å². The molecule has 6 rings (SSSR count). The Balaban J connectivity index is 1.88. The first-order valence-electron chi connectivity index (χ1n) is 10.5. The van der Waals surface area contributed by atoms with Crippen LogP contribution in [0.15, 0.2) is 84.9 Å². The lowest BCUT2D eigenvalue weighted by atomic mass is 9.86. The second kappa shape index (κ2) is 6.20. The lowest BCUT2D eigenvalue weighted by Crippen LogP contribution is -2.10. The van der Waals surface area contributed by atoms with E-state index < -0.39 is 0 Å². The van der Waals surface area contributed by atoms with E-state index in [-0.39, 0.29) is 5.41 Å². The molecular formula is C28H23NS. The zero-order chi connectivity index (χ0) is 20.5. The molecule has 0 fully saturated rings. The number of benzene rings is 4. The molecule has 2 heterocycles. The minimum atomic E-state index is 0.124. The van der Waals surface area contributed by atoms with E-state index in [2.05, 4.69) is 110 Å². The van der Waals surface area contributed by atoms with Gasteiger partial charge in [-0.1, -0.05) is 81.4 Å². The first-order chi connectivity index (χ1) is 14.5. The Labute approximate surface area is 180 Å². The molecule has 0 bridgehead atoms. The molecule has 0 unspecified atom stereocenters. The van der Waals surface area contributed by atoms with Crippen molar-refractivity contribution in [2.75, 3.05) is 0 Å². The highest BCUT2D eigenvalue weighted by molar-refractivity contribution is 7.26. The highest BCUT2D eigenvalue weighted by atomic mass is 32.1. The van der Waals surface area contributed by atoms with Crippen molar-refractivity contribution >= 4 is 53.3 Å². The minimum absolute atomic E-state index is 0.124. The van der Waals surface area contributed by atoms with Crippen molar-refractivity contribution in [2.45, 2.75) is 26.2 Å². The zero-order valence-corrected chi connectivity index (χ0v) is 18.3. The van der Waals surface area contributed by atoms with Gasteiger partial charge in [-0.05, 0) is 40.6 Å². The zero-order valence-electron chi connectivity index (χ0n) is 17.4. The standard InChI is InChI=1S/C28H23NS/c1-28(2,3)19-14-16-24-23(17-19)26-27(30-24)22-15-13-18-9-7-8-12-21(18)25(22)29(26)20-10-5-4-6-11-20/h4-17H,1-3H3. The molecule has 0 radical (unpaired) electrons. The van der Waals surface area contributed by atoms with Gasteiger partial charge in [0.25, 0.3) is 0 Å². The molecule has 6 aromatic rings. The van der Waals surface area contributed by atoms with Crippen LogP contribution in [0.3, 0.4) is 0 Å². The van der Waals surface area contributed by atoms with Crippen molar-refractivity contribution in [3.05, 3.63) is 90.5 Å². The number of hydrogen-bond donors (Lipinski definition) is 0. The molecule has 0 spiro atoms. The molecule has 0 N–H and O–H groups in total. The molecule has 30 heavy (non-hydrogen) atoms. The van der Waals surface area contributed by atoms with Crippen LogP contribution in [0.1, 0.15) is 26.3 Å². The second-order valence-corrected chi connectivity index (χ2v) is 10.1. The number of hydrogen-bond acceptors (Lipinski definition) is 1. The van der Waals surface area contributed by atoms with Gasteiger partial charge in [-0.15, -0.1) is 11.3 Å². The number of para-hydroxylation sites is 1. The molecule has 0 amide bonds. The van der Waals surface area contributed by atoms with Gasteiger partial charge < -0.3 is 4.57 Å². The Kier molecular flexibility index (Phi) is 3.66. The smallest absolute Gasteiger partial charge is 0.0728 e. The molecule has 0 atom stereocenters. The van der Waals surface area contributed by atoms with Gasteiger partial charge in [-0.2, -0.15) is 0 Å². The van der Waals surface area contributed by atoms with Gasteiger partial charge in [0, 0.05) is 26.5 Å². The molecule has 0 aliphatic carbocycles. The van der Waals surface area contributed by atoms with Crippen LogP contribution in [0, 0.1) is 0 Å². The largest absolute Gasteiger partial charge is 0.307 e. The molecule has 2 heteroatoms. The van der Waals surface area contributed by atoms with Gasteiger partial charge in [0.2, 0.25) is 0 Å². The van der Waals surface area contributed by atoms with E-state index in [4.69, 9.17) is 0 Å². The summed E-state index contributed by atoms with van der Waals surface area (Å²) in [6.45, 7) is 6.87. The molecule has 2 aromatic heterocycles. The van der Waals surface area contributed by atoms with Gasteiger partial charge >= 0.3 is 0 Å². The number of aromatic nitrogens is 1. The third-order valence-corrected chi connectivity index (χ3v) is 7.33. The fourth-order valence-corrected chi connectivity index (χ4v) is 5.78. The summed E-state index contributed by atoms with van der Waals surface area (Å²) in [4.78, 5) is 0. The van der Waals surface area contributed by atoms with Gasteiger partial charge in [-0.25, -0.2) is 0 Å². The normalized spacial score (nSPS) is 12.5. The lowest BCUT2D eigenvalue weighted by Gasteiger charge is -2.19. The summed E-state index contributed by atoms with van der Waals surface area (Å²) in [5.74, 6) is 0. The predicted octanol–water partition coefficient (Wildman–Crippen LogP) is 8.45. The van der Waals surface area contributed by atoms with E-state index >= 15 is 0 Å². The molecule has 1 nitrogen and oxygen atoms in total. The maximum absolute atomic E-state index is 2.48. The predicted molar refractivity (Wildman–Crippen MR) is 132 cm³/mol. The van der Waals surface area contributed by atoms with E-state index in [1.165, 1.54) is 53.2 Å². The Morgan fingerprint density at radius 2 is 1.43 bits per heavy atom. The van der Waals surface area contributed by atoms with Crippen molar-refractivity contribution < 1.29 is 0 Å². The summed E-state index contributed by atoms with van der Waals surface area (Å²) in [6.07, 6.45) is 0. The third-order valence-electron chi connectivity index (χ3n) is 6.13. The van der Waals surface area contributed by atoms with Crippen LogP contribution in [0.2, 0.25) is 0 Å². The summed E-state index contributed by atoms with van der Waals surface area (Å²) >= 11 is 1.91. The molecule has 0 saturated heterocycles. The van der Waals surface area contributed by atoms with Gasteiger partial charge in [0.05, 0.1) is 15.7 Å². The van der Waals surface area contributed by atoms with E-state index in [9.17, 15) is 0 Å². The Morgan fingerprint density at radius 1 is 0.667 bits per heavy atom. The molecular weight excluding hydrogens is 382 g/mol. The van der Waals surface area contributed by atoms with Crippen molar-refractivity contribution in [1.82, 2.24) is 4.57 Å². The average molecular weight is 406 g/mol. The highest BCUT2D eigenvalue weighted by Crippen LogP contribution is 2.45. The fourth-order valence-electron chi connectivity index (χ4n) is 4.58. The molecule has 4 aromatic carbocycles. The van der Waals surface area contributed by atoms with Crippen molar-refractivity contribution in [1.29, 1.82) is 0 Å². The van der Waals surface area contributed by atoms with Crippen LogP contribution in [0.25, 0.3) is 47.7 Å². The van der Waals surface area contributed by atoms with Crippen LogP contribution >= 0.6 is 11.3 Å². The maximum Gasteiger partial charge on any atom is 0.0728 e. The van der Waals surface area contributed by atoms with E-state index in [0.717, 1.165) is 0 Å². The fraction of sp³-hybridized carbons (Fsp3) is 0.143. The summed E-state index contributed by atoms with van der Waals surface area (Å²) < 4.78 is 5.21. The topological polar surface area (TPSA) is 4.93 Å². The average Bonchev–Trinajstić information content (AvgIpc) is 3.28. The van der Waals surface area contributed by atoms with E-state index in [0.29, 0.717) is 0 Å². The van der Waals surface area contributed by atoms with Gasteiger partial charge in [0.15, 0.2) is 0 Å². The summed E-state index contributed by atoms with van der Waals surface area (Å²) in [5.41, 5.74) is 5.36. The minimum Gasteiger partial charge on any atom is -0.307 e. The summed E-state index contributed by atoms with van der Waals surface area (Å²) in [5, 5.41) is 5.28. The molecule has 0 saturated carbocycles. The van der Waals surface area contributed by atoms with Crippen LogP contribution in [0.5, 0.6) is 0 Å². The number of nitrogens with zero attached hydrogens (tertiary/aromatic N) is 1. The first kappa shape index (κ1) is 17.7. The van der Waals surface area contributed by atoms with Crippen LogP contribution in [0.4, 0.5) is 0 Å². The Hall–Kier alpha value is -3.10. The Morgan fingerprint density at radius 3 is 2.23 bits per heavy atom. The SMILES string of the molecule is CC(C)(C)c1ccc2sc3c4ccc5ccccc5c4n(-c4ccccc4)c3c2c1. The molecule has 146 valence electrons.